The summed E-state index contributed by atoms with van der Waals surface area (Å²) in [5.74, 6) is -0.213. The Morgan fingerprint density at radius 3 is 2.56 bits per heavy atom. The lowest BCUT2D eigenvalue weighted by Crippen LogP contribution is -3.00. The number of carbonyl (C=O) groups excluding carboxylic acids is 1. The Balaban J connectivity index is 0. The summed E-state index contributed by atoms with van der Waals surface area (Å²) in [4.78, 5) is 10.3. The summed E-state index contributed by atoms with van der Waals surface area (Å²) in [6.45, 7) is 2.59. The second-order valence-electron chi connectivity index (χ2n) is 1.34. The van der Waals surface area contributed by atoms with Crippen LogP contribution >= 0.6 is 0 Å². The highest BCUT2D eigenvalue weighted by Gasteiger charge is 1.95. The fourth-order valence-electron chi connectivity index (χ4n) is 0.351. The Morgan fingerprint density at radius 2 is 2.22 bits per heavy atom. The Labute approximate surface area is 61.0 Å². The zero-order chi connectivity index (χ0) is 6.41. The van der Waals surface area contributed by atoms with Crippen LogP contribution in [0.5, 0.6) is 0 Å². The largest absolute Gasteiger partial charge is 1.00 e. The minimum Gasteiger partial charge on any atom is -1.00 e. The van der Waals surface area contributed by atoms with E-state index in [-0.39, 0.29) is 18.4 Å². The summed E-state index contributed by atoms with van der Waals surface area (Å²) >= 11 is 0. The standard InChI is InChI=1S/C5H11NO2.ClH/c1-2-8-5(7)3-4-6;/h2-4,6H2,1H3;1H/p-1. The summed E-state index contributed by atoms with van der Waals surface area (Å²) in [5.41, 5.74) is 5.06. The molecule has 0 spiro atoms. The van der Waals surface area contributed by atoms with Crippen molar-refractivity contribution in [2.45, 2.75) is 13.3 Å². The number of hydrogen-bond acceptors (Lipinski definition) is 3. The van der Waals surface area contributed by atoms with Gasteiger partial charge < -0.3 is 22.9 Å². The monoisotopic (exact) mass is 152 g/mol. The van der Waals surface area contributed by atoms with Crippen LogP contribution in [0.25, 0.3) is 0 Å². The third kappa shape index (κ3) is 7.72. The minimum atomic E-state index is -0.213. The van der Waals surface area contributed by atoms with Crippen molar-refractivity contribution in [2.75, 3.05) is 13.2 Å². The van der Waals surface area contributed by atoms with Gasteiger partial charge in [-0.1, -0.05) is 0 Å². The van der Waals surface area contributed by atoms with E-state index in [2.05, 4.69) is 4.74 Å². The average molecular weight is 153 g/mol. The van der Waals surface area contributed by atoms with E-state index in [1.807, 2.05) is 0 Å². The van der Waals surface area contributed by atoms with Crippen molar-refractivity contribution in [1.82, 2.24) is 0 Å². The van der Waals surface area contributed by atoms with Crippen LogP contribution in [-0.2, 0) is 9.53 Å². The lowest BCUT2D eigenvalue weighted by molar-refractivity contribution is -0.142. The van der Waals surface area contributed by atoms with Gasteiger partial charge in [-0.3, -0.25) is 4.79 Å². The molecule has 0 aromatic rings. The van der Waals surface area contributed by atoms with Crippen LogP contribution < -0.4 is 18.1 Å². The second kappa shape index (κ2) is 7.72. The number of halogens is 1. The molecule has 0 rings (SSSR count). The van der Waals surface area contributed by atoms with E-state index in [4.69, 9.17) is 5.73 Å². The fraction of sp³-hybridized carbons (Fsp3) is 0.800. The van der Waals surface area contributed by atoms with Crippen molar-refractivity contribution in [3.63, 3.8) is 0 Å². The maximum atomic E-state index is 10.3. The molecule has 0 saturated heterocycles. The molecule has 0 aliphatic heterocycles. The van der Waals surface area contributed by atoms with Crippen molar-refractivity contribution in [3.05, 3.63) is 0 Å². The number of hydrogen-bond donors (Lipinski definition) is 1. The Hall–Kier alpha value is -0.280. The van der Waals surface area contributed by atoms with Gasteiger partial charge in [0.05, 0.1) is 13.0 Å². The smallest absolute Gasteiger partial charge is 0.307 e. The van der Waals surface area contributed by atoms with Crippen LogP contribution in [0.3, 0.4) is 0 Å². The molecule has 0 heterocycles. The molecule has 9 heavy (non-hydrogen) atoms. The highest BCUT2D eigenvalue weighted by molar-refractivity contribution is 5.69. The molecule has 0 bridgehead atoms. The number of rotatable bonds is 3. The van der Waals surface area contributed by atoms with Gasteiger partial charge in [0, 0.05) is 6.54 Å². The van der Waals surface area contributed by atoms with Crippen LogP contribution in [0.2, 0.25) is 0 Å². The predicted molar refractivity (Wildman–Crippen MR) is 30.3 cm³/mol. The van der Waals surface area contributed by atoms with Gasteiger partial charge in [-0.15, -0.1) is 0 Å². The van der Waals surface area contributed by atoms with Crippen molar-refractivity contribution in [2.24, 2.45) is 5.73 Å². The average Bonchev–Trinajstić information content (AvgIpc) is 1.68. The van der Waals surface area contributed by atoms with Crippen LogP contribution in [0.1, 0.15) is 13.3 Å². The molecule has 0 unspecified atom stereocenters. The first kappa shape index (κ1) is 11.5. The molecule has 2 N–H and O–H groups in total. The lowest BCUT2D eigenvalue weighted by atomic mass is 10.4. The molecule has 0 aromatic heterocycles. The normalized spacial score (nSPS) is 7.78. The Bertz CT molecular complexity index is 69.4. The zero-order valence-corrected chi connectivity index (χ0v) is 6.15. The molecule has 0 aliphatic rings. The van der Waals surface area contributed by atoms with E-state index in [0.717, 1.165) is 0 Å². The third-order valence-corrected chi connectivity index (χ3v) is 0.654. The van der Waals surface area contributed by atoms with Crippen molar-refractivity contribution < 1.29 is 21.9 Å². The maximum Gasteiger partial charge on any atom is 0.307 e. The van der Waals surface area contributed by atoms with Crippen molar-refractivity contribution in [1.29, 1.82) is 0 Å². The fourth-order valence-corrected chi connectivity index (χ4v) is 0.351. The van der Waals surface area contributed by atoms with Crippen LogP contribution in [0.4, 0.5) is 0 Å². The summed E-state index contributed by atoms with van der Waals surface area (Å²) in [7, 11) is 0. The molecule has 4 heteroatoms. The van der Waals surface area contributed by atoms with Gasteiger partial charge in [-0.25, -0.2) is 0 Å². The summed E-state index contributed by atoms with van der Waals surface area (Å²) in [6.07, 6.45) is 0.327. The molecular formula is C5H11ClNO2-. The van der Waals surface area contributed by atoms with E-state index in [1.165, 1.54) is 0 Å². The SMILES string of the molecule is CCOC(=O)CCN.[Cl-]. The van der Waals surface area contributed by atoms with Crippen molar-refractivity contribution in [3.8, 4) is 0 Å². The molecule has 0 atom stereocenters. The van der Waals surface area contributed by atoms with Crippen molar-refractivity contribution >= 4 is 5.97 Å². The van der Waals surface area contributed by atoms with Gasteiger partial charge in [0.1, 0.15) is 0 Å². The van der Waals surface area contributed by atoms with E-state index < -0.39 is 0 Å². The number of esters is 1. The minimum absolute atomic E-state index is 0. The molecule has 0 amide bonds. The first-order valence-electron chi connectivity index (χ1n) is 2.67. The molecule has 0 aromatic carbocycles. The van der Waals surface area contributed by atoms with E-state index in [9.17, 15) is 4.79 Å². The second-order valence-corrected chi connectivity index (χ2v) is 1.34. The highest BCUT2D eigenvalue weighted by atomic mass is 35.5. The molecule has 0 saturated carbocycles. The summed E-state index contributed by atoms with van der Waals surface area (Å²) < 4.78 is 4.56. The van der Waals surface area contributed by atoms with Gasteiger partial charge in [0.15, 0.2) is 0 Å². The number of ether oxygens (including phenoxy) is 1. The van der Waals surface area contributed by atoms with Gasteiger partial charge in [0.2, 0.25) is 0 Å². The quantitative estimate of drug-likeness (QED) is 0.436. The van der Waals surface area contributed by atoms with Crippen LogP contribution in [0, 0.1) is 0 Å². The van der Waals surface area contributed by atoms with Gasteiger partial charge >= 0.3 is 5.97 Å². The Morgan fingerprint density at radius 1 is 1.67 bits per heavy atom. The number of carbonyl (C=O) groups is 1. The van der Waals surface area contributed by atoms with Gasteiger partial charge in [0.25, 0.3) is 0 Å². The predicted octanol–water partition coefficient (Wildman–Crippen LogP) is -3.10. The number of nitrogens with two attached hydrogens (primary N) is 1. The summed E-state index contributed by atoms with van der Waals surface area (Å²) in [5, 5.41) is 0. The summed E-state index contributed by atoms with van der Waals surface area (Å²) in [6, 6.07) is 0. The van der Waals surface area contributed by atoms with E-state index in [0.29, 0.717) is 19.6 Å². The zero-order valence-electron chi connectivity index (χ0n) is 5.39. The van der Waals surface area contributed by atoms with Crippen LogP contribution in [-0.4, -0.2) is 19.1 Å². The highest BCUT2D eigenvalue weighted by Crippen LogP contribution is 1.80. The molecular weight excluding hydrogens is 142 g/mol. The maximum absolute atomic E-state index is 10.3. The van der Waals surface area contributed by atoms with Gasteiger partial charge in [-0.2, -0.15) is 0 Å². The molecule has 0 radical (unpaired) electrons. The molecule has 56 valence electrons. The molecule has 0 aliphatic carbocycles. The van der Waals surface area contributed by atoms with Crippen LogP contribution in [0.15, 0.2) is 0 Å². The van der Waals surface area contributed by atoms with E-state index in [1.54, 1.807) is 6.92 Å². The molecule has 3 nitrogen and oxygen atoms in total. The Kier molecular flexibility index (Phi) is 9.87. The topological polar surface area (TPSA) is 52.3 Å². The molecule has 0 fully saturated rings. The first-order chi connectivity index (χ1) is 3.81. The van der Waals surface area contributed by atoms with Gasteiger partial charge in [-0.05, 0) is 6.92 Å². The van der Waals surface area contributed by atoms with E-state index >= 15 is 0 Å². The third-order valence-electron chi connectivity index (χ3n) is 0.654. The lowest BCUT2D eigenvalue weighted by Gasteiger charge is -1.96. The first-order valence-corrected chi connectivity index (χ1v) is 2.67.